The van der Waals surface area contributed by atoms with E-state index in [0.717, 1.165) is 5.82 Å². The van der Waals surface area contributed by atoms with Crippen LogP contribution in [0.25, 0.3) is 0 Å². The predicted molar refractivity (Wildman–Crippen MR) is 52.1 cm³/mol. The van der Waals surface area contributed by atoms with Gasteiger partial charge in [-0.2, -0.15) is 4.98 Å². The van der Waals surface area contributed by atoms with E-state index in [4.69, 9.17) is 4.52 Å². The molecule has 1 aromatic rings. The van der Waals surface area contributed by atoms with Crippen molar-refractivity contribution in [2.75, 3.05) is 5.32 Å². The molecule has 4 nitrogen and oxygen atoms in total. The van der Waals surface area contributed by atoms with Gasteiger partial charge >= 0.3 is 6.01 Å². The van der Waals surface area contributed by atoms with Crippen LogP contribution in [0.3, 0.4) is 0 Å². The van der Waals surface area contributed by atoms with Gasteiger partial charge in [-0.3, -0.25) is 0 Å². The highest BCUT2D eigenvalue weighted by atomic mass is 16.5. The third-order valence-electron chi connectivity index (χ3n) is 3.20. The van der Waals surface area contributed by atoms with Gasteiger partial charge in [0.1, 0.15) is 0 Å². The first kappa shape index (κ1) is 8.26. The highest BCUT2D eigenvalue weighted by Gasteiger charge is 2.46. The summed E-state index contributed by atoms with van der Waals surface area (Å²) < 4.78 is 5.14. The smallest absolute Gasteiger partial charge is 0.321 e. The van der Waals surface area contributed by atoms with Gasteiger partial charge in [0.15, 0.2) is 5.82 Å². The van der Waals surface area contributed by atoms with Crippen molar-refractivity contribution < 1.29 is 4.52 Å². The molecule has 2 aliphatic rings. The monoisotopic (exact) mass is 193 g/mol. The molecular formula is C10H15N3O. The summed E-state index contributed by atoms with van der Waals surface area (Å²) in [4.78, 5) is 4.33. The summed E-state index contributed by atoms with van der Waals surface area (Å²) in [6, 6.07) is 1.11. The topological polar surface area (TPSA) is 51.0 Å². The number of nitrogens with one attached hydrogen (secondary N) is 1. The van der Waals surface area contributed by atoms with Crippen molar-refractivity contribution in [1.29, 1.82) is 0 Å². The van der Waals surface area contributed by atoms with E-state index < -0.39 is 0 Å². The normalized spacial score (nSPS) is 28.9. The minimum Gasteiger partial charge on any atom is -0.334 e. The molecule has 0 radical (unpaired) electrons. The Morgan fingerprint density at radius 3 is 2.71 bits per heavy atom. The maximum absolute atomic E-state index is 5.14. The molecule has 76 valence electrons. The summed E-state index contributed by atoms with van der Waals surface area (Å²) in [6.45, 7) is 4.48. The molecule has 1 atom stereocenters. The lowest BCUT2D eigenvalue weighted by Crippen LogP contribution is -2.08. The summed E-state index contributed by atoms with van der Waals surface area (Å²) in [7, 11) is 0. The average molecular weight is 193 g/mol. The van der Waals surface area contributed by atoms with Gasteiger partial charge in [-0.05, 0) is 24.7 Å². The lowest BCUT2D eigenvalue weighted by atomic mass is 10.2. The van der Waals surface area contributed by atoms with Gasteiger partial charge in [-0.25, -0.2) is 0 Å². The molecule has 0 aromatic carbocycles. The van der Waals surface area contributed by atoms with Crippen molar-refractivity contribution in [1.82, 2.24) is 10.1 Å². The Hall–Kier alpha value is -1.06. The minimum atomic E-state index is 0.397. The van der Waals surface area contributed by atoms with Crippen molar-refractivity contribution in [2.45, 2.75) is 45.1 Å². The van der Waals surface area contributed by atoms with Crippen molar-refractivity contribution in [3.8, 4) is 0 Å². The van der Waals surface area contributed by atoms with Crippen molar-refractivity contribution >= 4 is 6.01 Å². The van der Waals surface area contributed by atoms with Gasteiger partial charge in [-0.15, -0.1) is 0 Å². The second kappa shape index (κ2) is 2.49. The fraction of sp³-hybridized carbons (Fsp3) is 0.800. The first-order valence-corrected chi connectivity index (χ1v) is 5.25. The molecule has 1 aromatic heterocycles. The van der Waals surface area contributed by atoms with E-state index >= 15 is 0 Å². The Kier molecular flexibility index (Phi) is 1.47. The van der Waals surface area contributed by atoms with Gasteiger partial charge in [0.25, 0.3) is 0 Å². The molecule has 0 amide bonds. The quantitative estimate of drug-likeness (QED) is 0.799. The summed E-state index contributed by atoms with van der Waals surface area (Å²) in [5, 5.41) is 7.23. The highest BCUT2D eigenvalue weighted by molar-refractivity contribution is 5.28. The van der Waals surface area contributed by atoms with Crippen LogP contribution in [0.15, 0.2) is 4.52 Å². The summed E-state index contributed by atoms with van der Waals surface area (Å²) in [6.07, 6.45) is 3.62. The molecular weight excluding hydrogens is 178 g/mol. The second-order valence-electron chi connectivity index (χ2n) is 5.12. The zero-order valence-corrected chi connectivity index (χ0v) is 8.58. The molecule has 0 spiro atoms. The lowest BCUT2D eigenvalue weighted by molar-refractivity contribution is 0.420. The SMILES string of the molecule is CC1(C)CC1Nc1nc(C2CC2)no1. The minimum absolute atomic E-state index is 0.397. The van der Waals surface area contributed by atoms with E-state index in [9.17, 15) is 0 Å². The Morgan fingerprint density at radius 2 is 2.14 bits per heavy atom. The van der Waals surface area contributed by atoms with E-state index in [2.05, 4.69) is 29.3 Å². The van der Waals surface area contributed by atoms with Gasteiger partial charge in [0.2, 0.25) is 0 Å². The van der Waals surface area contributed by atoms with Crippen LogP contribution in [0.5, 0.6) is 0 Å². The van der Waals surface area contributed by atoms with Crippen molar-refractivity contribution in [3.63, 3.8) is 0 Å². The molecule has 2 fully saturated rings. The largest absolute Gasteiger partial charge is 0.334 e. The van der Waals surface area contributed by atoms with Crippen LogP contribution < -0.4 is 5.32 Å². The van der Waals surface area contributed by atoms with Crippen LogP contribution in [0.4, 0.5) is 6.01 Å². The molecule has 1 unspecified atom stereocenters. The zero-order chi connectivity index (χ0) is 9.76. The number of rotatable bonds is 3. The molecule has 4 heteroatoms. The van der Waals surface area contributed by atoms with Crippen LogP contribution in [0.2, 0.25) is 0 Å². The van der Waals surface area contributed by atoms with Crippen LogP contribution in [0.1, 0.15) is 44.9 Å². The lowest BCUT2D eigenvalue weighted by Gasteiger charge is -2.01. The molecule has 0 bridgehead atoms. The van der Waals surface area contributed by atoms with E-state index in [-0.39, 0.29) is 0 Å². The van der Waals surface area contributed by atoms with Crippen molar-refractivity contribution in [3.05, 3.63) is 5.82 Å². The van der Waals surface area contributed by atoms with Gasteiger partial charge in [0, 0.05) is 12.0 Å². The number of hydrogen-bond acceptors (Lipinski definition) is 4. The number of hydrogen-bond donors (Lipinski definition) is 1. The molecule has 2 aliphatic carbocycles. The van der Waals surface area contributed by atoms with E-state index in [1.165, 1.54) is 19.3 Å². The molecule has 1 heterocycles. The first-order valence-electron chi connectivity index (χ1n) is 5.25. The Balaban J connectivity index is 1.66. The second-order valence-corrected chi connectivity index (χ2v) is 5.12. The van der Waals surface area contributed by atoms with Crippen molar-refractivity contribution in [2.24, 2.45) is 5.41 Å². The summed E-state index contributed by atoms with van der Waals surface area (Å²) >= 11 is 0. The average Bonchev–Trinajstić information content (AvgIpc) is 2.98. The third kappa shape index (κ3) is 1.38. The zero-order valence-electron chi connectivity index (χ0n) is 8.58. The number of aromatic nitrogens is 2. The standard InChI is InChI=1S/C10H15N3O/c1-10(2)5-7(10)11-9-12-8(13-14-9)6-3-4-6/h6-7H,3-5H2,1-2H3,(H,11,12,13). The molecule has 14 heavy (non-hydrogen) atoms. The van der Waals surface area contributed by atoms with Crippen LogP contribution in [-0.2, 0) is 0 Å². The maximum atomic E-state index is 5.14. The molecule has 1 N–H and O–H groups in total. The summed E-state index contributed by atoms with van der Waals surface area (Å²) in [5.41, 5.74) is 0.397. The van der Waals surface area contributed by atoms with Gasteiger partial charge in [-0.1, -0.05) is 19.0 Å². The van der Waals surface area contributed by atoms with E-state index in [1.54, 1.807) is 0 Å². The summed E-state index contributed by atoms with van der Waals surface area (Å²) in [5.74, 6) is 1.45. The molecule has 2 saturated carbocycles. The highest BCUT2D eigenvalue weighted by Crippen LogP contribution is 2.46. The number of nitrogens with zero attached hydrogens (tertiary/aromatic N) is 2. The molecule has 3 rings (SSSR count). The maximum Gasteiger partial charge on any atom is 0.321 e. The van der Waals surface area contributed by atoms with E-state index in [0.29, 0.717) is 23.4 Å². The fourth-order valence-corrected chi connectivity index (χ4v) is 1.66. The fourth-order valence-electron chi connectivity index (χ4n) is 1.66. The van der Waals surface area contributed by atoms with Crippen LogP contribution >= 0.6 is 0 Å². The first-order chi connectivity index (χ1) is 6.65. The Labute approximate surface area is 83.1 Å². The van der Waals surface area contributed by atoms with E-state index in [1.807, 2.05) is 0 Å². The van der Waals surface area contributed by atoms with Gasteiger partial charge in [0.05, 0.1) is 0 Å². The predicted octanol–water partition coefficient (Wildman–Crippen LogP) is 2.16. The van der Waals surface area contributed by atoms with Crippen LogP contribution in [0, 0.1) is 5.41 Å². The van der Waals surface area contributed by atoms with Crippen LogP contribution in [-0.4, -0.2) is 16.2 Å². The Bertz CT molecular complexity index is 354. The third-order valence-corrected chi connectivity index (χ3v) is 3.20. The molecule has 0 aliphatic heterocycles. The van der Waals surface area contributed by atoms with Gasteiger partial charge < -0.3 is 9.84 Å². The Morgan fingerprint density at radius 1 is 1.43 bits per heavy atom. The molecule has 0 saturated heterocycles. The number of anilines is 1.